The van der Waals surface area contributed by atoms with Crippen LogP contribution in [0.15, 0.2) is 47.6 Å². The summed E-state index contributed by atoms with van der Waals surface area (Å²) >= 11 is 1.25. The lowest BCUT2D eigenvalue weighted by atomic mass is 10.1. The number of carbonyl (C=O) groups excluding carboxylic acids is 3. The molecular formula is C24H26N6O4S. The number of hydrogen-bond donors (Lipinski definition) is 3. The maximum Gasteiger partial charge on any atom is 0.321 e. The summed E-state index contributed by atoms with van der Waals surface area (Å²) in [6.45, 7) is 3.95. The van der Waals surface area contributed by atoms with E-state index in [1.54, 1.807) is 7.11 Å². The molecule has 0 aliphatic carbocycles. The van der Waals surface area contributed by atoms with Gasteiger partial charge in [-0.1, -0.05) is 35.5 Å². The van der Waals surface area contributed by atoms with Gasteiger partial charge in [-0.15, -0.1) is 10.2 Å². The molecule has 1 aromatic heterocycles. The van der Waals surface area contributed by atoms with Crippen LogP contribution in [0.4, 0.5) is 10.5 Å². The minimum absolute atomic E-state index is 0.123. The first-order valence-corrected chi connectivity index (χ1v) is 12.0. The van der Waals surface area contributed by atoms with Gasteiger partial charge in [-0.3, -0.25) is 19.5 Å². The van der Waals surface area contributed by atoms with Gasteiger partial charge in [-0.25, -0.2) is 4.79 Å². The van der Waals surface area contributed by atoms with Gasteiger partial charge < -0.3 is 15.4 Å². The summed E-state index contributed by atoms with van der Waals surface area (Å²) in [5.41, 5.74) is 3.62. The van der Waals surface area contributed by atoms with Crippen LogP contribution < -0.4 is 20.7 Å². The normalized spacial score (nSPS) is 15.3. The monoisotopic (exact) mass is 494 g/mol. The zero-order valence-electron chi connectivity index (χ0n) is 19.6. The Bertz CT molecular complexity index is 1260. The highest BCUT2D eigenvalue weighted by Crippen LogP contribution is 2.26. The van der Waals surface area contributed by atoms with Crippen molar-refractivity contribution in [3.8, 4) is 11.4 Å². The molecule has 1 unspecified atom stereocenters. The predicted molar refractivity (Wildman–Crippen MR) is 132 cm³/mol. The van der Waals surface area contributed by atoms with Crippen LogP contribution in [0, 0.1) is 13.8 Å². The Morgan fingerprint density at radius 2 is 2.03 bits per heavy atom. The summed E-state index contributed by atoms with van der Waals surface area (Å²) in [6.07, 6.45) is 0.427. The zero-order valence-corrected chi connectivity index (χ0v) is 20.4. The van der Waals surface area contributed by atoms with Crippen molar-refractivity contribution in [2.75, 3.05) is 18.2 Å². The SMILES string of the molecule is COc1cccc(-n2c(CC3CC(=O)NC(=O)N3)nnc2SCC(=O)Nc2ccc(C)cc2C)c1. The Hall–Kier alpha value is -3.86. The Labute approximate surface area is 206 Å². The van der Waals surface area contributed by atoms with Crippen LogP contribution in [0.5, 0.6) is 5.75 Å². The van der Waals surface area contributed by atoms with Gasteiger partial charge in [0, 0.05) is 30.6 Å². The molecule has 2 heterocycles. The number of imide groups is 1. The number of benzene rings is 2. The fourth-order valence-corrected chi connectivity index (χ4v) is 4.59. The third-order valence-electron chi connectivity index (χ3n) is 5.45. The molecule has 1 atom stereocenters. The van der Waals surface area contributed by atoms with Crippen LogP contribution in [-0.4, -0.2) is 51.5 Å². The average Bonchev–Trinajstić information content (AvgIpc) is 3.21. The Balaban J connectivity index is 1.55. The number of carbonyl (C=O) groups is 3. The molecule has 0 bridgehead atoms. The van der Waals surface area contributed by atoms with Gasteiger partial charge in [0.2, 0.25) is 11.8 Å². The van der Waals surface area contributed by atoms with Gasteiger partial charge in [-0.05, 0) is 37.6 Å². The van der Waals surface area contributed by atoms with Crippen LogP contribution >= 0.6 is 11.8 Å². The largest absolute Gasteiger partial charge is 0.497 e. The Kier molecular flexibility index (Phi) is 7.35. The third kappa shape index (κ3) is 5.99. The number of nitrogens with zero attached hydrogens (tertiary/aromatic N) is 3. The van der Waals surface area contributed by atoms with Gasteiger partial charge in [0.25, 0.3) is 0 Å². The number of thioether (sulfide) groups is 1. The highest BCUT2D eigenvalue weighted by molar-refractivity contribution is 7.99. The summed E-state index contributed by atoms with van der Waals surface area (Å²) in [5.74, 6) is 0.813. The number of amides is 4. The van der Waals surface area contributed by atoms with Crippen LogP contribution in [-0.2, 0) is 16.0 Å². The van der Waals surface area contributed by atoms with E-state index in [-0.39, 0.29) is 24.0 Å². The van der Waals surface area contributed by atoms with E-state index in [9.17, 15) is 14.4 Å². The van der Waals surface area contributed by atoms with E-state index in [1.807, 2.05) is 60.9 Å². The van der Waals surface area contributed by atoms with Crippen molar-refractivity contribution in [2.24, 2.45) is 0 Å². The number of aromatic nitrogens is 3. The van der Waals surface area contributed by atoms with Crippen LogP contribution in [0.25, 0.3) is 5.69 Å². The number of rotatable bonds is 8. The molecule has 3 N–H and O–H groups in total. The first-order valence-electron chi connectivity index (χ1n) is 11.0. The zero-order chi connectivity index (χ0) is 24.9. The molecule has 2 aromatic carbocycles. The summed E-state index contributed by atoms with van der Waals surface area (Å²) < 4.78 is 7.18. The number of methoxy groups -OCH3 is 1. The number of nitrogens with one attached hydrogen (secondary N) is 3. The topological polar surface area (TPSA) is 127 Å². The number of aryl methyl sites for hydroxylation is 2. The number of ether oxygens (including phenoxy) is 1. The molecular weight excluding hydrogens is 468 g/mol. The molecule has 3 aromatic rings. The highest BCUT2D eigenvalue weighted by Gasteiger charge is 2.27. The van der Waals surface area contributed by atoms with Gasteiger partial charge in [0.05, 0.1) is 18.6 Å². The third-order valence-corrected chi connectivity index (χ3v) is 6.38. The van der Waals surface area contributed by atoms with Crippen molar-refractivity contribution in [2.45, 2.75) is 37.9 Å². The Morgan fingerprint density at radius 1 is 1.20 bits per heavy atom. The summed E-state index contributed by atoms with van der Waals surface area (Å²) in [5, 5.41) is 17.0. The molecule has 0 spiro atoms. The van der Waals surface area contributed by atoms with E-state index < -0.39 is 12.1 Å². The van der Waals surface area contributed by atoms with Crippen molar-refractivity contribution in [1.82, 2.24) is 25.4 Å². The maximum absolute atomic E-state index is 12.7. The second-order valence-corrected chi connectivity index (χ2v) is 9.16. The minimum Gasteiger partial charge on any atom is -0.497 e. The summed E-state index contributed by atoms with van der Waals surface area (Å²) in [6, 6.07) is 12.3. The lowest BCUT2D eigenvalue weighted by Gasteiger charge is -2.23. The lowest BCUT2D eigenvalue weighted by molar-refractivity contribution is -0.121. The Morgan fingerprint density at radius 3 is 2.77 bits per heavy atom. The summed E-state index contributed by atoms with van der Waals surface area (Å²) in [4.78, 5) is 36.2. The molecule has 10 nitrogen and oxygen atoms in total. The van der Waals surface area contributed by atoms with Gasteiger partial charge in [0.15, 0.2) is 5.16 Å². The first-order chi connectivity index (χ1) is 16.8. The van der Waals surface area contributed by atoms with E-state index in [4.69, 9.17) is 4.74 Å². The molecule has 182 valence electrons. The second kappa shape index (κ2) is 10.6. The number of urea groups is 1. The van der Waals surface area contributed by atoms with Crippen LogP contribution in [0.2, 0.25) is 0 Å². The fourth-order valence-electron chi connectivity index (χ4n) is 3.82. The first kappa shape index (κ1) is 24.3. The number of anilines is 1. The molecule has 0 radical (unpaired) electrons. The van der Waals surface area contributed by atoms with Crippen molar-refractivity contribution in [3.63, 3.8) is 0 Å². The molecule has 4 amide bonds. The summed E-state index contributed by atoms with van der Waals surface area (Å²) in [7, 11) is 1.58. The van der Waals surface area contributed by atoms with Crippen molar-refractivity contribution in [1.29, 1.82) is 0 Å². The molecule has 0 saturated carbocycles. The molecule has 1 aliphatic rings. The van der Waals surface area contributed by atoms with Gasteiger partial charge in [-0.2, -0.15) is 0 Å². The average molecular weight is 495 g/mol. The lowest BCUT2D eigenvalue weighted by Crippen LogP contribution is -2.53. The van der Waals surface area contributed by atoms with E-state index in [0.29, 0.717) is 23.2 Å². The van der Waals surface area contributed by atoms with Crippen molar-refractivity contribution >= 4 is 35.3 Å². The fraction of sp³-hybridized carbons (Fsp3) is 0.292. The van der Waals surface area contributed by atoms with Crippen molar-refractivity contribution < 1.29 is 19.1 Å². The maximum atomic E-state index is 12.7. The van der Waals surface area contributed by atoms with E-state index in [2.05, 4.69) is 26.1 Å². The molecule has 35 heavy (non-hydrogen) atoms. The van der Waals surface area contributed by atoms with Gasteiger partial charge in [0.1, 0.15) is 11.6 Å². The molecule has 11 heteroatoms. The van der Waals surface area contributed by atoms with Crippen LogP contribution in [0.3, 0.4) is 0 Å². The molecule has 4 rings (SSSR count). The number of hydrogen-bond acceptors (Lipinski definition) is 7. The van der Waals surface area contributed by atoms with Crippen molar-refractivity contribution in [3.05, 3.63) is 59.4 Å². The smallest absolute Gasteiger partial charge is 0.321 e. The predicted octanol–water partition coefficient (Wildman–Crippen LogP) is 2.76. The highest BCUT2D eigenvalue weighted by atomic mass is 32.2. The minimum atomic E-state index is -0.531. The molecule has 1 aliphatic heterocycles. The van der Waals surface area contributed by atoms with E-state index in [1.165, 1.54) is 11.8 Å². The standard InChI is InChI=1S/C24H26N6O4S/c1-14-7-8-19(15(2)9-14)26-22(32)13-35-24-29-28-20(10-16-11-21(31)27-23(33)25-16)30(24)17-5-4-6-18(12-17)34-3/h4-9,12,16H,10-11,13H2,1-3H3,(H,26,32)(H2,25,27,31,33). The van der Waals surface area contributed by atoms with Gasteiger partial charge >= 0.3 is 6.03 Å². The van der Waals surface area contributed by atoms with Crippen LogP contribution in [0.1, 0.15) is 23.4 Å². The molecule has 1 fully saturated rings. The van der Waals surface area contributed by atoms with E-state index in [0.717, 1.165) is 22.5 Å². The second-order valence-electron chi connectivity index (χ2n) is 8.22. The quantitative estimate of drug-likeness (QED) is 0.411. The van der Waals surface area contributed by atoms with E-state index >= 15 is 0 Å². The molecule has 1 saturated heterocycles.